The second-order valence-corrected chi connectivity index (χ2v) is 9.19. The zero-order chi connectivity index (χ0) is 24.0. The number of rotatable bonds is 7. The molecule has 1 amide bonds. The van der Waals surface area contributed by atoms with Crippen LogP contribution in [-0.4, -0.2) is 37.6 Å². The minimum atomic E-state index is -0.107. The number of hydrogen-bond acceptors (Lipinski definition) is 4. The highest BCUT2D eigenvalue weighted by molar-refractivity contribution is 5.94. The third kappa shape index (κ3) is 5.46. The molecule has 0 atom stereocenters. The predicted octanol–water partition coefficient (Wildman–Crippen LogP) is 5.74. The lowest BCUT2D eigenvalue weighted by Gasteiger charge is -2.33. The Hall–Kier alpha value is -3.86. The Kier molecular flexibility index (Phi) is 6.94. The number of benzene rings is 3. The first-order valence-electron chi connectivity index (χ1n) is 12.3. The van der Waals surface area contributed by atoms with Gasteiger partial charge in [0.1, 0.15) is 17.1 Å². The van der Waals surface area contributed by atoms with Crippen LogP contribution in [0.4, 0.5) is 11.5 Å². The number of amides is 1. The van der Waals surface area contributed by atoms with E-state index in [1.165, 1.54) is 5.56 Å². The summed E-state index contributed by atoms with van der Waals surface area (Å²) in [6.45, 7) is 1.96. The largest absolute Gasteiger partial charge is 0.481 e. The van der Waals surface area contributed by atoms with Crippen LogP contribution in [0.2, 0.25) is 0 Å². The van der Waals surface area contributed by atoms with Crippen molar-refractivity contribution in [3.05, 3.63) is 96.6 Å². The Morgan fingerprint density at radius 3 is 2.37 bits per heavy atom. The number of hydrogen-bond donors (Lipinski definition) is 0. The van der Waals surface area contributed by atoms with Crippen molar-refractivity contribution in [3.63, 3.8) is 0 Å². The van der Waals surface area contributed by atoms with Gasteiger partial charge in [-0.15, -0.1) is 0 Å². The minimum absolute atomic E-state index is 0.0404. The highest BCUT2D eigenvalue weighted by atomic mass is 16.5. The number of anilines is 2. The van der Waals surface area contributed by atoms with Gasteiger partial charge in [0.15, 0.2) is 6.61 Å². The van der Waals surface area contributed by atoms with E-state index in [1.807, 2.05) is 48.5 Å². The lowest BCUT2D eigenvalue weighted by Crippen LogP contribution is -2.34. The van der Waals surface area contributed by atoms with Crippen LogP contribution in [0.15, 0.2) is 91.0 Å². The molecule has 5 rings (SSSR count). The van der Waals surface area contributed by atoms with Crippen LogP contribution in [0, 0.1) is 5.92 Å². The van der Waals surface area contributed by atoms with E-state index in [4.69, 9.17) is 9.72 Å². The molecule has 0 unspecified atom stereocenters. The molecule has 35 heavy (non-hydrogen) atoms. The standard InChI is InChI=1S/C30H31N3O2/c1-32(26-12-6-3-7-13-26)29(34)22-35-27-14-8-11-25-15-16-28(31-30(25)27)33-19-17-24(18-20-33)21-23-9-4-2-5-10-23/h2-16,24H,17-22H2,1H3. The maximum Gasteiger partial charge on any atom is 0.264 e. The minimum Gasteiger partial charge on any atom is -0.481 e. The fourth-order valence-corrected chi connectivity index (χ4v) is 4.75. The second kappa shape index (κ2) is 10.6. The molecule has 1 saturated heterocycles. The van der Waals surface area contributed by atoms with Crippen molar-refractivity contribution >= 4 is 28.3 Å². The van der Waals surface area contributed by atoms with Crippen molar-refractivity contribution in [3.8, 4) is 5.75 Å². The van der Waals surface area contributed by atoms with Gasteiger partial charge in [0.05, 0.1) is 0 Å². The molecule has 5 heteroatoms. The van der Waals surface area contributed by atoms with Gasteiger partial charge in [-0.1, -0.05) is 60.7 Å². The number of likely N-dealkylation sites (N-methyl/N-ethyl adjacent to an activating group) is 1. The molecule has 0 saturated carbocycles. The van der Waals surface area contributed by atoms with Crippen LogP contribution in [-0.2, 0) is 11.2 Å². The zero-order valence-electron chi connectivity index (χ0n) is 20.1. The average molecular weight is 466 g/mol. The van der Waals surface area contributed by atoms with Crippen molar-refractivity contribution in [2.75, 3.05) is 36.5 Å². The summed E-state index contributed by atoms with van der Waals surface area (Å²) in [5, 5.41) is 1.01. The number of ether oxygens (including phenoxy) is 1. The van der Waals surface area contributed by atoms with Crippen LogP contribution in [0.5, 0.6) is 5.75 Å². The number of fused-ring (bicyclic) bond motifs is 1. The van der Waals surface area contributed by atoms with Crippen LogP contribution in [0.1, 0.15) is 18.4 Å². The van der Waals surface area contributed by atoms with E-state index in [-0.39, 0.29) is 12.5 Å². The fraction of sp³-hybridized carbons (Fsp3) is 0.267. The predicted molar refractivity (Wildman–Crippen MR) is 142 cm³/mol. The Morgan fingerprint density at radius 1 is 0.914 bits per heavy atom. The molecule has 1 aliphatic heterocycles. The summed E-state index contributed by atoms with van der Waals surface area (Å²) in [4.78, 5) is 21.6. The first kappa shape index (κ1) is 22.9. The summed E-state index contributed by atoms with van der Waals surface area (Å²) in [6, 6.07) is 30.4. The van der Waals surface area contributed by atoms with E-state index in [0.717, 1.165) is 54.8 Å². The van der Waals surface area contributed by atoms with Gasteiger partial charge in [-0.2, -0.15) is 0 Å². The second-order valence-electron chi connectivity index (χ2n) is 9.19. The molecular formula is C30H31N3O2. The zero-order valence-corrected chi connectivity index (χ0v) is 20.1. The van der Waals surface area contributed by atoms with E-state index in [1.54, 1.807) is 11.9 Å². The normalized spacial score (nSPS) is 14.1. The summed E-state index contributed by atoms with van der Waals surface area (Å²) in [7, 11) is 1.77. The number of aromatic nitrogens is 1. The van der Waals surface area contributed by atoms with E-state index >= 15 is 0 Å². The van der Waals surface area contributed by atoms with Crippen molar-refractivity contribution in [2.45, 2.75) is 19.3 Å². The summed E-state index contributed by atoms with van der Waals surface area (Å²) >= 11 is 0. The van der Waals surface area contributed by atoms with Crippen LogP contribution in [0.3, 0.4) is 0 Å². The van der Waals surface area contributed by atoms with Crippen molar-refractivity contribution < 1.29 is 9.53 Å². The first-order valence-corrected chi connectivity index (χ1v) is 12.3. The summed E-state index contributed by atoms with van der Waals surface area (Å²) < 4.78 is 5.98. The van der Waals surface area contributed by atoms with Gasteiger partial charge in [-0.05, 0) is 61.1 Å². The molecule has 1 fully saturated rings. The number of para-hydroxylation sites is 2. The number of carbonyl (C=O) groups excluding carboxylic acids is 1. The van der Waals surface area contributed by atoms with Crippen molar-refractivity contribution in [1.29, 1.82) is 0 Å². The van der Waals surface area contributed by atoms with Gasteiger partial charge in [0, 0.05) is 31.2 Å². The maximum absolute atomic E-state index is 12.7. The lowest BCUT2D eigenvalue weighted by molar-refractivity contribution is -0.120. The van der Waals surface area contributed by atoms with E-state index in [0.29, 0.717) is 11.7 Å². The monoisotopic (exact) mass is 465 g/mol. The molecule has 0 bridgehead atoms. The molecule has 0 spiro atoms. The van der Waals surface area contributed by atoms with Crippen molar-refractivity contribution in [2.24, 2.45) is 5.92 Å². The van der Waals surface area contributed by atoms with Gasteiger partial charge < -0.3 is 14.5 Å². The molecule has 1 aliphatic rings. The Labute approximate surface area is 207 Å². The number of piperidine rings is 1. The van der Waals surface area contributed by atoms with E-state index < -0.39 is 0 Å². The van der Waals surface area contributed by atoms with E-state index in [2.05, 4.69) is 47.4 Å². The van der Waals surface area contributed by atoms with Gasteiger partial charge >= 0.3 is 0 Å². The van der Waals surface area contributed by atoms with Crippen LogP contribution >= 0.6 is 0 Å². The highest BCUT2D eigenvalue weighted by Crippen LogP contribution is 2.29. The molecule has 0 aliphatic carbocycles. The van der Waals surface area contributed by atoms with Gasteiger partial charge in [0.2, 0.25) is 0 Å². The summed E-state index contributed by atoms with van der Waals surface area (Å²) in [5.41, 5.74) is 3.06. The first-order chi connectivity index (χ1) is 17.2. The quantitative estimate of drug-likeness (QED) is 0.349. The molecule has 2 heterocycles. The number of carbonyl (C=O) groups is 1. The molecule has 3 aromatic carbocycles. The smallest absolute Gasteiger partial charge is 0.264 e. The number of nitrogens with zero attached hydrogens (tertiary/aromatic N) is 3. The summed E-state index contributed by atoms with van der Waals surface area (Å²) in [6.07, 6.45) is 3.46. The van der Waals surface area contributed by atoms with Crippen LogP contribution < -0.4 is 14.5 Å². The van der Waals surface area contributed by atoms with Crippen molar-refractivity contribution in [1.82, 2.24) is 4.98 Å². The average Bonchev–Trinajstić information content (AvgIpc) is 2.92. The topological polar surface area (TPSA) is 45.7 Å². The lowest BCUT2D eigenvalue weighted by atomic mass is 9.90. The third-order valence-electron chi connectivity index (χ3n) is 6.84. The Bertz CT molecular complexity index is 1270. The summed E-state index contributed by atoms with van der Waals surface area (Å²) in [5.74, 6) is 2.21. The Morgan fingerprint density at radius 2 is 1.63 bits per heavy atom. The highest BCUT2D eigenvalue weighted by Gasteiger charge is 2.21. The number of pyridine rings is 1. The molecule has 1 aromatic heterocycles. The van der Waals surface area contributed by atoms with Gasteiger partial charge in [-0.3, -0.25) is 4.79 Å². The molecule has 0 radical (unpaired) electrons. The van der Waals surface area contributed by atoms with Crippen LogP contribution in [0.25, 0.3) is 10.9 Å². The SMILES string of the molecule is CN(C(=O)COc1cccc2ccc(N3CCC(Cc4ccccc4)CC3)nc12)c1ccccc1. The van der Waals surface area contributed by atoms with Gasteiger partial charge in [-0.25, -0.2) is 4.98 Å². The Balaban J connectivity index is 1.25. The molecule has 178 valence electrons. The van der Waals surface area contributed by atoms with Gasteiger partial charge in [0.25, 0.3) is 5.91 Å². The molecule has 4 aromatic rings. The molecule has 5 nitrogen and oxygen atoms in total. The molecule has 0 N–H and O–H groups in total. The fourth-order valence-electron chi connectivity index (χ4n) is 4.75. The third-order valence-corrected chi connectivity index (χ3v) is 6.84. The molecular weight excluding hydrogens is 434 g/mol. The maximum atomic E-state index is 12.7. The van der Waals surface area contributed by atoms with E-state index in [9.17, 15) is 4.79 Å².